The average Bonchev–Trinajstić information content (AvgIpc) is 2.96. The van der Waals surface area contributed by atoms with Gasteiger partial charge in [-0.25, -0.2) is 0 Å². The summed E-state index contributed by atoms with van der Waals surface area (Å²) < 4.78 is 40.1. The number of amides is 1. The summed E-state index contributed by atoms with van der Waals surface area (Å²) in [6, 6.07) is 14.2. The van der Waals surface area contributed by atoms with Crippen LogP contribution in [-0.2, 0) is 34.0 Å². The molecule has 9 nitrogen and oxygen atoms in total. The van der Waals surface area contributed by atoms with Crippen LogP contribution in [0, 0.1) is 0 Å². The Morgan fingerprint density at radius 2 is 1.34 bits per heavy atom. The predicted molar refractivity (Wildman–Crippen MR) is 194 cm³/mol. The molecule has 2 aromatic carbocycles. The number of benzene rings is 2. The Kier molecular flexibility index (Phi) is 31.7. The highest BCUT2D eigenvalue weighted by Crippen LogP contribution is 2.25. The number of ketones is 2. The standard InChI is InChI=1S/C26H35NO6S.C6H12O2.4CH4.FH/c1-4-26(32-3,21(2)28)20-12-7-5-6-11-15-25(29)27-22-16-18-24(19-17-22)34(30,31)33-23-13-9-8-10-14-23;1-4-6(8-3)5(2)7;;;;;/h8-10,13-14,16-19H,4-7,11-12,15,20H2,1-3H3,(H,27,29);6H,4H2,1-3H3;4*1H4;1H. The second kappa shape index (κ2) is 27.9. The first-order valence-corrected chi connectivity index (χ1v) is 15.8. The van der Waals surface area contributed by atoms with Gasteiger partial charge in [-0.2, -0.15) is 8.42 Å². The van der Waals surface area contributed by atoms with Crippen LogP contribution in [0.15, 0.2) is 59.5 Å². The van der Waals surface area contributed by atoms with Crippen LogP contribution in [0.25, 0.3) is 0 Å². The summed E-state index contributed by atoms with van der Waals surface area (Å²) in [6.45, 7) is 7.01. The summed E-state index contributed by atoms with van der Waals surface area (Å²) in [5.41, 5.74) is -0.133. The van der Waals surface area contributed by atoms with Gasteiger partial charge in [-0.3, -0.25) is 19.1 Å². The van der Waals surface area contributed by atoms with Crippen LogP contribution >= 0.6 is 0 Å². The molecule has 0 aliphatic rings. The Morgan fingerprint density at radius 3 is 1.77 bits per heavy atom. The number of anilines is 1. The van der Waals surface area contributed by atoms with E-state index in [1.807, 2.05) is 13.8 Å². The minimum Gasteiger partial charge on any atom is -0.379 e. The van der Waals surface area contributed by atoms with E-state index < -0.39 is 15.7 Å². The van der Waals surface area contributed by atoms with Crippen LogP contribution in [0.3, 0.4) is 0 Å². The van der Waals surface area contributed by atoms with Crippen molar-refractivity contribution in [1.29, 1.82) is 0 Å². The fourth-order valence-corrected chi connectivity index (χ4v) is 5.35. The van der Waals surface area contributed by atoms with E-state index in [1.54, 1.807) is 63.6 Å². The molecule has 0 bridgehead atoms. The normalized spacial score (nSPS) is 11.8. The molecule has 274 valence electrons. The number of carbonyl (C=O) groups excluding carboxylic acids is 3. The fourth-order valence-electron chi connectivity index (χ4n) is 4.42. The summed E-state index contributed by atoms with van der Waals surface area (Å²) >= 11 is 0. The number of ether oxygens (including phenoxy) is 2. The largest absolute Gasteiger partial charge is 0.379 e. The SMILES string of the molecule is C.C.C.C.CCC(CCCCCCCC(=O)Nc1ccc(S(=O)(=O)Oc2ccccc2)cc1)(OC)C(C)=O.CCC(OC)C(C)=O.F. The molecule has 0 heterocycles. The van der Waals surface area contributed by atoms with Gasteiger partial charge < -0.3 is 19.0 Å². The van der Waals surface area contributed by atoms with Crippen molar-refractivity contribution in [1.82, 2.24) is 0 Å². The van der Waals surface area contributed by atoms with E-state index in [4.69, 9.17) is 13.7 Å². The fraction of sp³-hybridized carbons (Fsp3) is 0.583. The van der Waals surface area contributed by atoms with Crippen molar-refractivity contribution in [2.75, 3.05) is 19.5 Å². The molecular formula is C36H64FNO8S. The second-order valence-corrected chi connectivity index (χ2v) is 11.6. The molecule has 11 heteroatoms. The molecule has 2 aromatic rings. The van der Waals surface area contributed by atoms with Gasteiger partial charge in [-0.05, 0) is 75.9 Å². The zero-order valence-electron chi connectivity index (χ0n) is 26.2. The van der Waals surface area contributed by atoms with Crippen LogP contribution in [0.4, 0.5) is 10.4 Å². The molecule has 2 atom stereocenters. The van der Waals surface area contributed by atoms with Gasteiger partial charge in [0.1, 0.15) is 22.4 Å². The lowest BCUT2D eigenvalue weighted by Gasteiger charge is -2.28. The Bertz CT molecular complexity index is 1200. The smallest absolute Gasteiger partial charge is 0.339 e. The van der Waals surface area contributed by atoms with Gasteiger partial charge in [0.05, 0.1) is 0 Å². The molecule has 2 rings (SSSR count). The lowest BCUT2D eigenvalue weighted by atomic mass is 9.89. The van der Waals surface area contributed by atoms with E-state index in [0.29, 0.717) is 18.5 Å². The first kappa shape index (κ1) is 53.3. The van der Waals surface area contributed by atoms with Crippen LogP contribution in [-0.4, -0.2) is 51.8 Å². The maximum Gasteiger partial charge on any atom is 0.339 e. The number of hydrogen-bond donors (Lipinski definition) is 1. The first-order chi connectivity index (χ1) is 19.9. The summed E-state index contributed by atoms with van der Waals surface area (Å²) in [5.74, 6) is 0.303. The van der Waals surface area contributed by atoms with E-state index in [2.05, 4.69) is 5.32 Å². The summed E-state index contributed by atoms with van der Waals surface area (Å²) in [4.78, 5) is 34.6. The Labute approximate surface area is 285 Å². The van der Waals surface area contributed by atoms with Crippen molar-refractivity contribution in [3.8, 4) is 5.75 Å². The lowest BCUT2D eigenvalue weighted by Crippen LogP contribution is -2.38. The Balaban J connectivity index is -0.000000402. The van der Waals surface area contributed by atoms with Crippen molar-refractivity contribution >= 4 is 33.3 Å². The molecule has 2 unspecified atom stereocenters. The number of halogens is 1. The molecule has 0 saturated carbocycles. The Hall–Kier alpha value is -3.15. The van der Waals surface area contributed by atoms with Crippen LogP contribution in [0.2, 0.25) is 0 Å². The third-order valence-corrected chi connectivity index (χ3v) is 8.33. The molecule has 47 heavy (non-hydrogen) atoms. The van der Waals surface area contributed by atoms with Crippen LogP contribution < -0.4 is 9.50 Å². The molecular weight excluding hydrogens is 625 g/mol. The number of carbonyl (C=O) groups is 3. The van der Waals surface area contributed by atoms with Gasteiger partial charge in [-0.1, -0.05) is 87.4 Å². The maximum absolute atomic E-state index is 12.4. The molecule has 0 aromatic heterocycles. The third kappa shape index (κ3) is 19.3. The zero-order valence-corrected chi connectivity index (χ0v) is 27.0. The molecule has 1 amide bonds. The highest BCUT2D eigenvalue weighted by Gasteiger charge is 2.32. The van der Waals surface area contributed by atoms with E-state index in [0.717, 1.165) is 44.9 Å². The van der Waals surface area contributed by atoms with Crippen molar-refractivity contribution in [2.45, 2.75) is 132 Å². The van der Waals surface area contributed by atoms with Gasteiger partial charge in [0.2, 0.25) is 5.91 Å². The van der Waals surface area contributed by atoms with Crippen LogP contribution in [0.5, 0.6) is 5.75 Å². The predicted octanol–water partition coefficient (Wildman–Crippen LogP) is 9.21. The number of para-hydroxylation sites is 1. The van der Waals surface area contributed by atoms with Gasteiger partial charge in [0, 0.05) is 26.3 Å². The number of hydrogen-bond acceptors (Lipinski definition) is 8. The van der Waals surface area contributed by atoms with Crippen molar-refractivity contribution in [2.24, 2.45) is 0 Å². The van der Waals surface area contributed by atoms with Gasteiger partial charge in [0.15, 0.2) is 11.6 Å². The number of nitrogens with one attached hydrogen (secondary N) is 1. The number of Topliss-reactive ketones (excluding diaryl/α,β-unsaturated/α-hetero) is 2. The number of rotatable bonds is 18. The third-order valence-electron chi connectivity index (χ3n) is 7.07. The Morgan fingerprint density at radius 1 is 0.809 bits per heavy atom. The summed E-state index contributed by atoms with van der Waals surface area (Å²) in [7, 11) is -0.798. The van der Waals surface area contributed by atoms with Crippen molar-refractivity contribution in [3.63, 3.8) is 0 Å². The highest BCUT2D eigenvalue weighted by atomic mass is 32.2. The maximum atomic E-state index is 12.4. The lowest BCUT2D eigenvalue weighted by molar-refractivity contribution is -0.140. The molecule has 0 aliphatic carbocycles. The van der Waals surface area contributed by atoms with E-state index >= 15 is 0 Å². The summed E-state index contributed by atoms with van der Waals surface area (Å²) in [5, 5.41) is 2.79. The molecule has 0 saturated heterocycles. The minimum absolute atomic E-state index is 0. The monoisotopic (exact) mass is 689 g/mol. The molecule has 0 fully saturated rings. The number of unbranched alkanes of at least 4 members (excludes halogenated alkanes) is 4. The second-order valence-electron chi connectivity index (χ2n) is 10.0. The summed E-state index contributed by atoms with van der Waals surface area (Å²) in [6.07, 6.45) is 6.94. The first-order valence-electron chi connectivity index (χ1n) is 14.4. The van der Waals surface area contributed by atoms with E-state index in [-0.39, 0.29) is 68.6 Å². The zero-order chi connectivity index (χ0) is 31.6. The molecule has 0 radical (unpaired) electrons. The number of methoxy groups -OCH3 is 2. The minimum atomic E-state index is -3.94. The van der Waals surface area contributed by atoms with E-state index in [9.17, 15) is 22.8 Å². The quantitative estimate of drug-likeness (QED) is 0.121. The van der Waals surface area contributed by atoms with Crippen molar-refractivity contribution < 1.29 is 41.2 Å². The molecule has 1 N–H and O–H groups in total. The molecule has 0 spiro atoms. The van der Waals surface area contributed by atoms with Gasteiger partial charge in [-0.15, -0.1) is 0 Å². The van der Waals surface area contributed by atoms with Crippen molar-refractivity contribution in [3.05, 3.63) is 54.6 Å². The van der Waals surface area contributed by atoms with Crippen LogP contribution in [0.1, 0.15) is 115 Å². The van der Waals surface area contributed by atoms with Gasteiger partial charge >= 0.3 is 10.1 Å². The highest BCUT2D eigenvalue weighted by molar-refractivity contribution is 7.87. The molecule has 0 aliphatic heterocycles. The topological polar surface area (TPSA) is 125 Å². The van der Waals surface area contributed by atoms with E-state index in [1.165, 1.54) is 19.1 Å². The van der Waals surface area contributed by atoms with Gasteiger partial charge in [0.25, 0.3) is 0 Å². The average molecular weight is 690 g/mol.